The zero-order valence-corrected chi connectivity index (χ0v) is 14.9. The van der Waals surface area contributed by atoms with Gasteiger partial charge in [-0.15, -0.1) is 11.3 Å². The molecule has 3 rings (SSSR count). The number of thiazole rings is 1. The predicted octanol–water partition coefficient (Wildman–Crippen LogP) is 4.46. The molecule has 4 nitrogen and oxygen atoms in total. The summed E-state index contributed by atoms with van der Waals surface area (Å²) in [6.45, 7) is 0. The van der Waals surface area contributed by atoms with Gasteiger partial charge in [-0.1, -0.05) is 30.3 Å². The largest absolute Gasteiger partial charge is 0.481 e. The fraction of sp³-hybridized carbons (Fsp3) is 0.150. The lowest BCUT2D eigenvalue weighted by molar-refractivity contribution is -0.140. The Hall–Kier alpha value is -2.93. The molecule has 0 aliphatic heterocycles. The Balaban J connectivity index is 1.72. The van der Waals surface area contributed by atoms with Gasteiger partial charge in [0.25, 0.3) is 0 Å². The van der Waals surface area contributed by atoms with E-state index in [2.05, 4.69) is 4.98 Å². The molecule has 7 heteroatoms. The van der Waals surface area contributed by atoms with Crippen molar-refractivity contribution < 1.29 is 23.5 Å². The zero-order valence-electron chi connectivity index (χ0n) is 14.1. The second kappa shape index (κ2) is 8.18. The molecular weight excluding hydrogens is 372 g/mol. The molecule has 0 saturated carbocycles. The minimum Gasteiger partial charge on any atom is -0.481 e. The number of carbonyl (C=O) groups excluding carboxylic acids is 1. The first-order valence-electron chi connectivity index (χ1n) is 8.13. The average molecular weight is 387 g/mol. The van der Waals surface area contributed by atoms with Gasteiger partial charge in [0, 0.05) is 29.3 Å². The summed E-state index contributed by atoms with van der Waals surface area (Å²) in [7, 11) is 0. The fourth-order valence-corrected chi connectivity index (χ4v) is 3.55. The van der Waals surface area contributed by atoms with E-state index in [1.165, 1.54) is 47.7 Å². The van der Waals surface area contributed by atoms with Crippen molar-refractivity contribution in [3.8, 4) is 10.6 Å². The third kappa shape index (κ3) is 4.62. The number of hydrogen-bond acceptors (Lipinski definition) is 4. The maximum Gasteiger partial charge on any atom is 0.311 e. The van der Waals surface area contributed by atoms with Crippen LogP contribution in [0.5, 0.6) is 0 Å². The minimum absolute atomic E-state index is 0.0166. The Morgan fingerprint density at radius 3 is 2.59 bits per heavy atom. The van der Waals surface area contributed by atoms with Crippen molar-refractivity contribution in [3.05, 3.63) is 76.8 Å². The highest BCUT2D eigenvalue weighted by Crippen LogP contribution is 2.26. The standard InChI is InChI=1S/C20H15F2NO3S/c21-13-5-3-4-12(8-13)19-23-14(11-27-19)9-15(24)10-17(20(25)26)16-6-1-2-7-18(16)22/h1-8,11,17H,9-10H2,(H,25,26). The Kier molecular flexibility index (Phi) is 5.71. The molecule has 0 aliphatic carbocycles. The summed E-state index contributed by atoms with van der Waals surface area (Å²) in [4.78, 5) is 28.1. The summed E-state index contributed by atoms with van der Waals surface area (Å²) in [6, 6.07) is 11.5. The lowest BCUT2D eigenvalue weighted by Gasteiger charge is -2.12. The van der Waals surface area contributed by atoms with Gasteiger partial charge in [-0.25, -0.2) is 13.8 Å². The van der Waals surface area contributed by atoms with Crippen LogP contribution in [0, 0.1) is 11.6 Å². The smallest absolute Gasteiger partial charge is 0.311 e. The normalized spacial score (nSPS) is 11.9. The van der Waals surface area contributed by atoms with Crippen LogP contribution in [-0.4, -0.2) is 21.8 Å². The van der Waals surface area contributed by atoms with Gasteiger partial charge in [-0.2, -0.15) is 0 Å². The molecule has 1 aromatic heterocycles. The molecule has 1 unspecified atom stereocenters. The van der Waals surface area contributed by atoms with E-state index in [1.54, 1.807) is 17.5 Å². The second-order valence-corrected chi connectivity index (χ2v) is 6.84. The molecule has 1 heterocycles. The molecule has 0 radical (unpaired) electrons. The summed E-state index contributed by atoms with van der Waals surface area (Å²) in [6.07, 6.45) is -0.396. The van der Waals surface area contributed by atoms with Gasteiger partial charge in [0.15, 0.2) is 0 Å². The highest BCUT2D eigenvalue weighted by atomic mass is 32.1. The number of Topliss-reactive ketones (excluding diaryl/α,β-unsaturated/α-hetero) is 1. The molecule has 0 spiro atoms. The van der Waals surface area contributed by atoms with Gasteiger partial charge in [0.2, 0.25) is 0 Å². The average Bonchev–Trinajstić information content (AvgIpc) is 3.09. The number of halogens is 2. The summed E-state index contributed by atoms with van der Waals surface area (Å²) >= 11 is 1.27. The van der Waals surface area contributed by atoms with E-state index in [4.69, 9.17) is 0 Å². The highest BCUT2D eigenvalue weighted by Gasteiger charge is 2.26. The van der Waals surface area contributed by atoms with E-state index in [1.807, 2.05) is 0 Å². The first-order chi connectivity index (χ1) is 12.9. The van der Waals surface area contributed by atoms with Gasteiger partial charge in [0.05, 0.1) is 11.6 Å². The molecule has 0 amide bonds. The van der Waals surface area contributed by atoms with Gasteiger partial charge in [-0.3, -0.25) is 9.59 Å². The molecule has 0 saturated heterocycles. The van der Waals surface area contributed by atoms with E-state index in [9.17, 15) is 23.5 Å². The number of benzene rings is 2. The van der Waals surface area contributed by atoms with Crippen LogP contribution in [0.4, 0.5) is 8.78 Å². The van der Waals surface area contributed by atoms with E-state index in [-0.39, 0.29) is 30.0 Å². The van der Waals surface area contributed by atoms with E-state index >= 15 is 0 Å². The molecule has 27 heavy (non-hydrogen) atoms. The van der Waals surface area contributed by atoms with Gasteiger partial charge in [0.1, 0.15) is 22.4 Å². The number of carboxylic acids is 1. The maximum atomic E-state index is 13.9. The lowest BCUT2D eigenvalue weighted by Crippen LogP contribution is -2.18. The number of ketones is 1. The summed E-state index contributed by atoms with van der Waals surface area (Å²) < 4.78 is 27.2. The molecule has 138 valence electrons. The fourth-order valence-electron chi connectivity index (χ4n) is 2.73. The summed E-state index contributed by atoms with van der Waals surface area (Å²) in [5.41, 5.74) is 1.06. The Bertz CT molecular complexity index is 987. The van der Waals surface area contributed by atoms with Gasteiger partial charge < -0.3 is 5.11 Å². The predicted molar refractivity (Wildman–Crippen MR) is 97.6 cm³/mol. The molecule has 3 aromatic rings. The Morgan fingerprint density at radius 2 is 1.89 bits per heavy atom. The number of rotatable bonds is 7. The van der Waals surface area contributed by atoms with Crippen molar-refractivity contribution in [2.24, 2.45) is 0 Å². The topological polar surface area (TPSA) is 67.3 Å². The van der Waals surface area contributed by atoms with Crippen LogP contribution in [-0.2, 0) is 16.0 Å². The van der Waals surface area contributed by atoms with Crippen molar-refractivity contribution in [2.75, 3.05) is 0 Å². The van der Waals surface area contributed by atoms with Crippen LogP contribution in [0.3, 0.4) is 0 Å². The van der Waals surface area contributed by atoms with Crippen LogP contribution in [0.25, 0.3) is 10.6 Å². The highest BCUT2D eigenvalue weighted by molar-refractivity contribution is 7.13. The molecule has 1 N–H and O–H groups in total. The first kappa shape index (κ1) is 18.8. The van der Waals surface area contributed by atoms with Crippen molar-refractivity contribution in [2.45, 2.75) is 18.8 Å². The monoisotopic (exact) mass is 387 g/mol. The van der Waals surface area contributed by atoms with E-state index in [0.717, 1.165) is 0 Å². The molecule has 0 aliphatic rings. The van der Waals surface area contributed by atoms with Crippen molar-refractivity contribution >= 4 is 23.1 Å². The zero-order chi connectivity index (χ0) is 19.4. The van der Waals surface area contributed by atoms with Crippen molar-refractivity contribution in [3.63, 3.8) is 0 Å². The van der Waals surface area contributed by atoms with Crippen molar-refractivity contribution in [1.82, 2.24) is 4.98 Å². The Labute approximate surface area is 158 Å². The third-order valence-electron chi connectivity index (χ3n) is 4.01. The summed E-state index contributed by atoms with van der Waals surface area (Å²) in [5, 5.41) is 11.6. The number of carboxylic acid groups (broad SMARTS) is 1. The summed E-state index contributed by atoms with van der Waals surface area (Å²) in [5.74, 6) is -3.90. The van der Waals surface area contributed by atoms with Gasteiger partial charge >= 0.3 is 5.97 Å². The number of aliphatic carboxylic acids is 1. The van der Waals surface area contributed by atoms with Crippen LogP contribution >= 0.6 is 11.3 Å². The molecular formula is C20H15F2NO3S. The van der Waals surface area contributed by atoms with Gasteiger partial charge in [-0.05, 0) is 18.2 Å². The minimum atomic E-state index is -1.26. The Morgan fingerprint density at radius 1 is 1.11 bits per heavy atom. The third-order valence-corrected chi connectivity index (χ3v) is 4.95. The quantitative estimate of drug-likeness (QED) is 0.650. The first-order valence-corrected chi connectivity index (χ1v) is 9.01. The number of carbonyl (C=O) groups is 2. The molecule has 0 bridgehead atoms. The van der Waals surface area contributed by atoms with Crippen LogP contribution < -0.4 is 0 Å². The number of aromatic nitrogens is 1. The molecule has 2 aromatic carbocycles. The molecule has 0 fully saturated rings. The maximum absolute atomic E-state index is 13.9. The van der Waals surface area contributed by atoms with Crippen molar-refractivity contribution in [1.29, 1.82) is 0 Å². The second-order valence-electron chi connectivity index (χ2n) is 5.99. The van der Waals surface area contributed by atoms with E-state index < -0.39 is 17.7 Å². The lowest BCUT2D eigenvalue weighted by atomic mass is 9.92. The van der Waals surface area contributed by atoms with Crippen LogP contribution in [0.2, 0.25) is 0 Å². The SMILES string of the molecule is O=C(Cc1csc(-c2cccc(F)c2)n1)CC(C(=O)O)c1ccccc1F. The van der Waals surface area contributed by atoms with Crippen LogP contribution in [0.15, 0.2) is 53.9 Å². The number of nitrogens with zero attached hydrogens (tertiary/aromatic N) is 1. The molecule has 1 atom stereocenters. The van der Waals surface area contributed by atoms with Crippen LogP contribution in [0.1, 0.15) is 23.6 Å². The number of hydrogen-bond donors (Lipinski definition) is 1. The van der Waals surface area contributed by atoms with E-state index in [0.29, 0.717) is 16.3 Å².